The van der Waals surface area contributed by atoms with Crippen LogP contribution < -0.4 is 5.32 Å². The summed E-state index contributed by atoms with van der Waals surface area (Å²) in [6.45, 7) is 0.254. The standard InChI is InChI=1S/C24H25NO2/c26-22(16-19-10-4-1-5-11-19)18-25-24(27)17-23(20-12-6-2-7-13-20)21-14-8-3-9-15-21/h1-15,22-23,26H,16-18H2,(H,25,27)/t22-/m0/s1. The third kappa shape index (κ3) is 5.80. The molecule has 0 fully saturated rings. The molecule has 3 aromatic carbocycles. The Morgan fingerprint density at radius 3 is 1.78 bits per heavy atom. The summed E-state index contributed by atoms with van der Waals surface area (Å²) < 4.78 is 0. The second-order valence-corrected chi connectivity index (χ2v) is 6.73. The Morgan fingerprint density at radius 1 is 0.778 bits per heavy atom. The second kappa shape index (κ2) is 9.70. The van der Waals surface area contributed by atoms with Crippen LogP contribution in [0.25, 0.3) is 0 Å². The van der Waals surface area contributed by atoms with E-state index in [1.165, 1.54) is 0 Å². The maximum absolute atomic E-state index is 12.5. The van der Waals surface area contributed by atoms with Gasteiger partial charge in [-0.05, 0) is 16.7 Å². The molecule has 3 nitrogen and oxygen atoms in total. The van der Waals surface area contributed by atoms with Gasteiger partial charge in [0.1, 0.15) is 0 Å². The van der Waals surface area contributed by atoms with Crippen LogP contribution in [0.15, 0.2) is 91.0 Å². The van der Waals surface area contributed by atoms with Gasteiger partial charge in [0, 0.05) is 25.3 Å². The summed E-state index contributed by atoms with van der Waals surface area (Å²) in [7, 11) is 0. The number of carbonyl (C=O) groups excluding carboxylic acids is 1. The quantitative estimate of drug-likeness (QED) is 0.640. The van der Waals surface area contributed by atoms with E-state index >= 15 is 0 Å². The molecule has 0 heterocycles. The predicted molar refractivity (Wildman–Crippen MR) is 109 cm³/mol. The average Bonchev–Trinajstić information content (AvgIpc) is 2.72. The highest BCUT2D eigenvalue weighted by Gasteiger charge is 2.18. The molecule has 0 saturated heterocycles. The molecule has 3 rings (SSSR count). The molecule has 1 atom stereocenters. The summed E-state index contributed by atoms with van der Waals surface area (Å²) in [6, 6.07) is 29.9. The molecule has 0 saturated carbocycles. The number of aliphatic hydroxyl groups excluding tert-OH is 1. The van der Waals surface area contributed by atoms with Gasteiger partial charge < -0.3 is 10.4 Å². The summed E-state index contributed by atoms with van der Waals surface area (Å²) in [6.07, 6.45) is 0.289. The minimum absolute atomic E-state index is 0.00124. The van der Waals surface area contributed by atoms with Crippen LogP contribution in [0.4, 0.5) is 0 Å². The molecule has 0 bridgehead atoms. The lowest BCUT2D eigenvalue weighted by Crippen LogP contribution is -2.34. The fourth-order valence-electron chi connectivity index (χ4n) is 3.25. The van der Waals surface area contributed by atoms with Crippen molar-refractivity contribution in [2.75, 3.05) is 6.54 Å². The van der Waals surface area contributed by atoms with E-state index in [0.717, 1.165) is 16.7 Å². The number of rotatable bonds is 8. The van der Waals surface area contributed by atoms with Gasteiger partial charge >= 0.3 is 0 Å². The van der Waals surface area contributed by atoms with E-state index in [1.807, 2.05) is 66.7 Å². The second-order valence-electron chi connectivity index (χ2n) is 6.73. The van der Waals surface area contributed by atoms with E-state index in [4.69, 9.17) is 0 Å². The van der Waals surface area contributed by atoms with Crippen LogP contribution in [0.5, 0.6) is 0 Å². The minimum Gasteiger partial charge on any atom is -0.391 e. The third-order valence-electron chi connectivity index (χ3n) is 4.64. The molecule has 0 radical (unpaired) electrons. The molecule has 0 unspecified atom stereocenters. The molecule has 3 heteroatoms. The zero-order chi connectivity index (χ0) is 18.9. The van der Waals surface area contributed by atoms with Crippen molar-refractivity contribution in [2.24, 2.45) is 0 Å². The lowest BCUT2D eigenvalue weighted by atomic mass is 9.88. The molecule has 3 aromatic rings. The fraction of sp³-hybridized carbons (Fsp3) is 0.208. The van der Waals surface area contributed by atoms with Gasteiger partial charge in [0.25, 0.3) is 0 Å². The largest absolute Gasteiger partial charge is 0.391 e. The van der Waals surface area contributed by atoms with Crippen molar-refractivity contribution >= 4 is 5.91 Å². The molecule has 0 aromatic heterocycles. The lowest BCUT2D eigenvalue weighted by Gasteiger charge is -2.19. The van der Waals surface area contributed by atoms with Crippen LogP contribution in [0, 0.1) is 0 Å². The monoisotopic (exact) mass is 359 g/mol. The molecular weight excluding hydrogens is 334 g/mol. The van der Waals surface area contributed by atoms with Gasteiger partial charge in [-0.25, -0.2) is 0 Å². The Morgan fingerprint density at radius 2 is 1.26 bits per heavy atom. The minimum atomic E-state index is -0.594. The van der Waals surface area contributed by atoms with Gasteiger partial charge in [0.2, 0.25) is 5.91 Å². The fourth-order valence-corrected chi connectivity index (χ4v) is 3.25. The number of benzene rings is 3. The van der Waals surface area contributed by atoms with Crippen molar-refractivity contribution < 1.29 is 9.90 Å². The zero-order valence-corrected chi connectivity index (χ0v) is 15.3. The first-order chi connectivity index (χ1) is 13.2. The molecule has 0 aliphatic carbocycles. The highest BCUT2D eigenvalue weighted by atomic mass is 16.3. The zero-order valence-electron chi connectivity index (χ0n) is 15.3. The van der Waals surface area contributed by atoms with Crippen LogP contribution in [-0.2, 0) is 11.2 Å². The maximum atomic E-state index is 12.5. The Hall–Kier alpha value is -2.91. The van der Waals surface area contributed by atoms with Crippen molar-refractivity contribution in [3.8, 4) is 0 Å². The lowest BCUT2D eigenvalue weighted by molar-refractivity contribution is -0.121. The molecule has 138 valence electrons. The first-order valence-electron chi connectivity index (χ1n) is 9.31. The first-order valence-corrected chi connectivity index (χ1v) is 9.31. The summed E-state index contributed by atoms with van der Waals surface area (Å²) in [5.41, 5.74) is 3.29. The Balaban J connectivity index is 1.60. The van der Waals surface area contributed by atoms with E-state index in [2.05, 4.69) is 29.6 Å². The molecular formula is C24H25NO2. The van der Waals surface area contributed by atoms with Gasteiger partial charge in [-0.2, -0.15) is 0 Å². The maximum Gasteiger partial charge on any atom is 0.221 e. The Kier molecular flexibility index (Phi) is 6.78. The number of carbonyl (C=O) groups is 1. The highest BCUT2D eigenvalue weighted by molar-refractivity contribution is 5.77. The summed E-state index contributed by atoms with van der Waals surface area (Å²) >= 11 is 0. The van der Waals surface area contributed by atoms with Gasteiger partial charge in [-0.3, -0.25) is 4.79 Å². The van der Waals surface area contributed by atoms with Crippen molar-refractivity contribution in [3.05, 3.63) is 108 Å². The number of aliphatic hydroxyl groups is 1. The average molecular weight is 359 g/mol. The third-order valence-corrected chi connectivity index (χ3v) is 4.64. The molecule has 0 aliphatic heterocycles. The van der Waals surface area contributed by atoms with Crippen LogP contribution >= 0.6 is 0 Å². The van der Waals surface area contributed by atoms with Crippen LogP contribution in [-0.4, -0.2) is 23.7 Å². The predicted octanol–water partition coefficient (Wildman–Crippen LogP) is 3.93. The molecule has 2 N–H and O–H groups in total. The van der Waals surface area contributed by atoms with E-state index in [9.17, 15) is 9.90 Å². The van der Waals surface area contributed by atoms with Crippen molar-refractivity contribution in [1.82, 2.24) is 5.32 Å². The van der Waals surface area contributed by atoms with Gasteiger partial charge in [0.15, 0.2) is 0 Å². The van der Waals surface area contributed by atoms with Crippen LogP contribution in [0.3, 0.4) is 0 Å². The van der Waals surface area contributed by atoms with Crippen LogP contribution in [0.2, 0.25) is 0 Å². The number of hydrogen-bond acceptors (Lipinski definition) is 2. The smallest absolute Gasteiger partial charge is 0.221 e. The van der Waals surface area contributed by atoms with Gasteiger partial charge in [-0.15, -0.1) is 0 Å². The molecule has 1 amide bonds. The topological polar surface area (TPSA) is 49.3 Å². The van der Waals surface area contributed by atoms with Crippen LogP contribution in [0.1, 0.15) is 29.0 Å². The molecule has 0 aliphatic rings. The van der Waals surface area contributed by atoms with E-state index < -0.39 is 6.10 Å². The molecule has 27 heavy (non-hydrogen) atoms. The normalized spacial score (nSPS) is 11.9. The highest BCUT2D eigenvalue weighted by Crippen LogP contribution is 2.27. The van der Waals surface area contributed by atoms with Crippen molar-refractivity contribution in [1.29, 1.82) is 0 Å². The van der Waals surface area contributed by atoms with Crippen molar-refractivity contribution in [2.45, 2.75) is 24.9 Å². The van der Waals surface area contributed by atoms with E-state index in [-0.39, 0.29) is 18.4 Å². The number of nitrogens with one attached hydrogen (secondary N) is 1. The number of hydrogen-bond donors (Lipinski definition) is 2. The molecule has 0 spiro atoms. The van der Waals surface area contributed by atoms with Gasteiger partial charge in [-0.1, -0.05) is 91.0 Å². The SMILES string of the molecule is O=C(CC(c1ccccc1)c1ccccc1)NC[C@@H](O)Cc1ccccc1. The summed E-state index contributed by atoms with van der Waals surface area (Å²) in [5.74, 6) is -0.0570. The first kappa shape index (κ1) is 18.9. The van der Waals surface area contributed by atoms with E-state index in [1.54, 1.807) is 0 Å². The Labute approximate surface area is 160 Å². The number of amides is 1. The summed E-state index contributed by atoms with van der Waals surface area (Å²) in [5, 5.41) is 13.1. The van der Waals surface area contributed by atoms with Gasteiger partial charge in [0.05, 0.1) is 6.10 Å². The summed E-state index contributed by atoms with van der Waals surface area (Å²) in [4.78, 5) is 12.5. The van der Waals surface area contributed by atoms with E-state index in [0.29, 0.717) is 12.8 Å². The van der Waals surface area contributed by atoms with Crippen molar-refractivity contribution in [3.63, 3.8) is 0 Å². The Bertz CT molecular complexity index is 779.